The zero-order chi connectivity index (χ0) is 18.6. The van der Waals surface area contributed by atoms with Crippen molar-refractivity contribution >= 4 is 39.0 Å². The van der Waals surface area contributed by atoms with E-state index < -0.39 is 0 Å². The van der Waals surface area contributed by atoms with Gasteiger partial charge in [-0.3, -0.25) is 0 Å². The summed E-state index contributed by atoms with van der Waals surface area (Å²) in [6.07, 6.45) is 3.81. The van der Waals surface area contributed by atoms with Crippen LogP contribution in [0.1, 0.15) is 12.0 Å². The average Bonchev–Trinajstić information content (AvgIpc) is 3.07. The van der Waals surface area contributed by atoms with Crippen LogP contribution >= 0.6 is 27.5 Å². The molecule has 0 saturated heterocycles. The van der Waals surface area contributed by atoms with Crippen molar-refractivity contribution in [2.24, 2.45) is 0 Å². The molecule has 0 aliphatic carbocycles. The molecule has 4 nitrogen and oxygen atoms in total. The summed E-state index contributed by atoms with van der Waals surface area (Å²) in [5.41, 5.74) is 3.83. The minimum atomic E-state index is 0.681. The Morgan fingerprint density at radius 1 is 1.04 bits per heavy atom. The summed E-state index contributed by atoms with van der Waals surface area (Å²) in [6, 6.07) is 20.2. The van der Waals surface area contributed by atoms with E-state index in [1.807, 2.05) is 40.9 Å². The number of fused-ring (bicyclic) bond motifs is 1. The lowest BCUT2D eigenvalue weighted by Gasteiger charge is -2.11. The van der Waals surface area contributed by atoms with E-state index >= 15 is 0 Å². The zero-order valence-electron chi connectivity index (χ0n) is 14.6. The first-order valence-corrected chi connectivity index (χ1v) is 9.96. The molecule has 4 rings (SSSR count). The molecule has 0 aliphatic heterocycles. The Morgan fingerprint density at radius 2 is 1.81 bits per heavy atom. The fraction of sp³-hybridized carbons (Fsp3) is 0.143. The van der Waals surface area contributed by atoms with Gasteiger partial charge in [-0.15, -0.1) is 0 Å². The lowest BCUT2D eigenvalue weighted by atomic mass is 10.1. The molecule has 2 aromatic heterocycles. The van der Waals surface area contributed by atoms with E-state index in [0.717, 1.165) is 46.6 Å². The third-order valence-corrected chi connectivity index (χ3v) is 5.26. The molecule has 136 valence electrons. The van der Waals surface area contributed by atoms with Crippen LogP contribution in [-0.2, 0) is 6.42 Å². The third-order valence-electron chi connectivity index (χ3n) is 4.37. The predicted molar refractivity (Wildman–Crippen MR) is 114 cm³/mol. The minimum absolute atomic E-state index is 0.681. The van der Waals surface area contributed by atoms with Crippen molar-refractivity contribution in [2.75, 3.05) is 11.9 Å². The lowest BCUT2D eigenvalue weighted by Crippen LogP contribution is -2.09. The quantitative estimate of drug-likeness (QED) is 0.381. The van der Waals surface area contributed by atoms with Crippen LogP contribution in [0.2, 0.25) is 5.02 Å². The highest BCUT2D eigenvalue weighted by Gasteiger charge is 2.13. The van der Waals surface area contributed by atoms with Crippen molar-refractivity contribution < 1.29 is 0 Å². The summed E-state index contributed by atoms with van der Waals surface area (Å²) in [5, 5.41) is 8.60. The zero-order valence-corrected chi connectivity index (χ0v) is 16.9. The predicted octanol–water partition coefficient (Wildman–Crippen LogP) is 5.86. The lowest BCUT2D eigenvalue weighted by molar-refractivity contribution is 0.843. The normalized spacial score (nSPS) is 11.0. The Kier molecular flexibility index (Phi) is 5.41. The second-order valence-corrected chi connectivity index (χ2v) is 7.51. The number of anilines is 1. The first-order chi connectivity index (χ1) is 13.2. The summed E-state index contributed by atoms with van der Waals surface area (Å²) in [6.45, 7) is 0.841. The highest BCUT2D eigenvalue weighted by atomic mass is 79.9. The maximum Gasteiger partial charge on any atom is 0.172 e. The van der Waals surface area contributed by atoms with Gasteiger partial charge in [0.1, 0.15) is 5.82 Å². The van der Waals surface area contributed by atoms with Gasteiger partial charge >= 0.3 is 0 Å². The first kappa shape index (κ1) is 18.0. The van der Waals surface area contributed by atoms with Crippen molar-refractivity contribution in [3.8, 4) is 11.3 Å². The third kappa shape index (κ3) is 3.99. The van der Waals surface area contributed by atoms with Gasteiger partial charge in [0, 0.05) is 23.2 Å². The molecule has 0 bridgehead atoms. The highest BCUT2D eigenvalue weighted by Crippen LogP contribution is 2.30. The van der Waals surface area contributed by atoms with Crippen LogP contribution in [0.3, 0.4) is 0 Å². The molecular weight excluding hydrogens is 424 g/mol. The standard InChI is InChI=1S/C21H18BrClN4/c22-17-14-25-27-20(24-12-6-9-15-7-2-1-3-8-15)13-19(26-21(17)27)16-10-4-5-11-18(16)23/h1-5,7-8,10-11,13-14,24H,6,9,12H2. The van der Waals surface area contributed by atoms with Crippen molar-refractivity contribution in [1.29, 1.82) is 0 Å². The molecule has 0 radical (unpaired) electrons. The van der Waals surface area contributed by atoms with Gasteiger partial charge in [-0.2, -0.15) is 9.61 Å². The van der Waals surface area contributed by atoms with Gasteiger partial charge in [0.05, 0.1) is 16.4 Å². The molecular formula is C21H18BrClN4. The number of benzene rings is 2. The molecule has 0 fully saturated rings. The Hall–Kier alpha value is -2.37. The number of nitrogens with one attached hydrogen (secondary N) is 1. The summed E-state index contributed by atoms with van der Waals surface area (Å²) in [7, 11) is 0. The number of halogens is 2. The molecule has 4 aromatic rings. The molecule has 2 aromatic carbocycles. The maximum atomic E-state index is 6.38. The Bertz CT molecular complexity index is 1060. The molecule has 6 heteroatoms. The molecule has 2 heterocycles. The minimum Gasteiger partial charge on any atom is -0.370 e. The molecule has 0 saturated carbocycles. The summed E-state index contributed by atoms with van der Waals surface area (Å²) in [5.74, 6) is 0.897. The largest absolute Gasteiger partial charge is 0.370 e. The van der Waals surface area contributed by atoms with Crippen molar-refractivity contribution in [2.45, 2.75) is 12.8 Å². The average molecular weight is 442 g/mol. The van der Waals surface area contributed by atoms with Crippen LogP contribution in [-0.4, -0.2) is 21.1 Å². The molecule has 27 heavy (non-hydrogen) atoms. The van der Waals surface area contributed by atoms with Crippen LogP contribution in [0, 0.1) is 0 Å². The van der Waals surface area contributed by atoms with Crippen molar-refractivity contribution in [3.63, 3.8) is 0 Å². The smallest absolute Gasteiger partial charge is 0.172 e. The highest BCUT2D eigenvalue weighted by molar-refractivity contribution is 9.10. The van der Waals surface area contributed by atoms with E-state index in [1.165, 1.54) is 5.56 Å². The number of hydrogen-bond acceptors (Lipinski definition) is 3. The van der Waals surface area contributed by atoms with E-state index in [9.17, 15) is 0 Å². The topological polar surface area (TPSA) is 42.2 Å². The molecule has 0 atom stereocenters. The van der Waals surface area contributed by atoms with E-state index in [2.05, 4.69) is 50.6 Å². The SMILES string of the molecule is Clc1ccccc1-c1cc(NCCCc2ccccc2)n2ncc(Br)c2n1. The van der Waals surface area contributed by atoms with Crippen molar-refractivity contribution in [3.05, 3.63) is 81.9 Å². The number of aryl methyl sites for hydroxylation is 1. The van der Waals surface area contributed by atoms with Gasteiger partial charge in [0.2, 0.25) is 0 Å². The van der Waals surface area contributed by atoms with E-state index in [0.29, 0.717) is 5.02 Å². The molecule has 0 amide bonds. The van der Waals surface area contributed by atoms with Crippen LogP contribution in [0.5, 0.6) is 0 Å². The number of rotatable bonds is 6. The van der Waals surface area contributed by atoms with Gasteiger partial charge in [0.15, 0.2) is 5.65 Å². The summed E-state index contributed by atoms with van der Waals surface area (Å²) < 4.78 is 2.66. The van der Waals surface area contributed by atoms with Gasteiger partial charge in [-0.25, -0.2) is 4.98 Å². The Balaban J connectivity index is 1.59. The molecule has 0 unspecified atom stereocenters. The number of hydrogen-bond donors (Lipinski definition) is 1. The van der Waals surface area contributed by atoms with Crippen LogP contribution in [0.4, 0.5) is 5.82 Å². The van der Waals surface area contributed by atoms with Gasteiger partial charge in [0.25, 0.3) is 0 Å². The number of nitrogens with zero attached hydrogens (tertiary/aromatic N) is 3. The van der Waals surface area contributed by atoms with Crippen LogP contribution in [0.15, 0.2) is 71.3 Å². The van der Waals surface area contributed by atoms with Crippen LogP contribution in [0.25, 0.3) is 16.9 Å². The van der Waals surface area contributed by atoms with E-state index in [4.69, 9.17) is 16.6 Å². The Morgan fingerprint density at radius 3 is 2.63 bits per heavy atom. The first-order valence-electron chi connectivity index (χ1n) is 8.79. The summed E-state index contributed by atoms with van der Waals surface area (Å²) >= 11 is 9.91. The second-order valence-electron chi connectivity index (χ2n) is 6.25. The number of aromatic nitrogens is 3. The molecule has 0 aliphatic rings. The monoisotopic (exact) mass is 440 g/mol. The van der Waals surface area contributed by atoms with Gasteiger partial charge in [-0.05, 0) is 40.4 Å². The Labute approximate surface area is 171 Å². The van der Waals surface area contributed by atoms with Crippen LogP contribution < -0.4 is 5.32 Å². The fourth-order valence-electron chi connectivity index (χ4n) is 3.02. The second kappa shape index (κ2) is 8.11. The van der Waals surface area contributed by atoms with Gasteiger partial charge < -0.3 is 5.32 Å². The molecule has 1 N–H and O–H groups in total. The van der Waals surface area contributed by atoms with E-state index in [1.54, 1.807) is 6.20 Å². The summed E-state index contributed by atoms with van der Waals surface area (Å²) in [4.78, 5) is 4.73. The fourth-order valence-corrected chi connectivity index (χ4v) is 3.60. The maximum absolute atomic E-state index is 6.38. The van der Waals surface area contributed by atoms with E-state index in [-0.39, 0.29) is 0 Å². The molecule has 0 spiro atoms. The van der Waals surface area contributed by atoms with Gasteiger partial charge in [-0.1, -0.05) is 60.1 Å². The van der Waals surface area contributed by atoms with Crippen molar-refractivity contribution in [1.82, 2.24) is 14.6 Å².